The first-order chi connectivity index (χ1) is 10.7. The summed E-state index contributed by atoms with van der Waals surface area (Å²) in [6.45, 7) is 1.05. The predicted molar refractivity (Wildman–Crippen MR) is 88.1 cm³/mol. The van der Waals surface area contributed by atoms with Gasteiger partial charge in [0.05, 0.1) is 7.11 Å². The van der Waals surface area contributed by atoms with Crippen LogP contribution >= 0.6 is 0 Å². The lowest BCUT2D eigenvalue weighted by Crippen LogP contribution is -1.97. The van der Waals surface area contributed by atoms with Crippen LogP contribution in [-0.2, 0) is 20.2 Å². The molecule has 0 saturated carbocycles. The Morgan fingerprint density at radius 3 is 2.59 bits per heavy atom. The number of rotatable bonds is 5. The van der Waals surface area contributed by atoms with E-state index in [2.05, 4.69) is 29.0 Å². The van der Waals surface area contributed by atoms with Gasteiger partial charge < -0.3 is 19.8 Å². The lowest BCUT2D eigenvalue weighted by molar-refractivity contribution is 0.285. The van der Waals surface area contributed by atoms with Crippen molar-refractivity contribution in [3.05, 3.63) is 59.8 Å². The third-order valence-corrected chi connectivity index (χ3v) is 3.83. The van der Waals surface area contributed by atoms with Crippen LogP contribution < -0.4 is 15.2 Å². The lowest BCUT2D eigenvalue weighted by atomic mass is 10.1. The summed E-state index contributed by atoms with van der Waals surface area (Å²) in [6.07, 6.45) is 2.10. The van der Waals surface area contributed by atoms with Crippen LogP contribution in [0.1, 0.15) is 11.1 Å². The van der Waals surface area contributed by atoms with E-state index in [1.807, 2.05) is 31.3 Å². The summed E-state index contributed by atoms with van der Waals surface area (Å²) in [5.74, 6) is 1.49. The van der Waals surface area contributed by atoms with Gasteiger partial charge in [0.25, 0.3) is 0 Å². The highest BCUT2D eigenvalue weighted by Gasteiger charge is 2.09. The molecular formula is C18H20N2O2. The number of hydrogen-bond donors (Lipinski definition) is 1. The topological polar surface area (TPSA) is 49.4 Å². The summed E-state index contributed by atoms with van der Waals surface area (Å²) in [6, 6.07) is 14.0. The zero-order chi connectivity index (χ0) is 15.5. The third kappa shape index (κ3) is 2.65. The molecular weight excluding hydrogens is 276 g/mol. The molecule has 114 valence electrons. The van der Waals surface area contributed by atoms with Gasteiger partial charge in [-0.3, -0.25) is 0 Å². The highest BCUT2D eigenvalue weighted by Crippen LogP contribution is 2.28. The predicted octanol–water partition coefficient (Wildman–Crippen LogP) is 3.22. The minimum atomic E-state index is 0.500. The average Bonchev–Trinajstić information content (AvgIpc) is 2.88. The summed E-state index contributed by atoms with van der Waals surface area (Å²) in [7, 11) is 3.68. The van der Waals surface area contributed by atoms with Crippen LogP contribution in [-0.4, -0.2) is 11.7 Å². The maximum Gasteiger partial charge on any atom is 0.161 e. The summed E-state index contributed by atoms with van der Waals surface area (Å²) >= 11 is 0. The molecule has 0 atom stereocenters. The molecule has 0 spiro atoms. The Labute approximate surface area is 130 Å². The standard InChI is InChI=1S/C18H20N2O2/c1-20-11-14(15-8-7-13(10-19)9-16(15)20)12-22-18-6-4-3-5-17(18)21-2/h3-9,11H,10,12,19H2,1-2H3. The van der Waals surface area contributed by atoms with Crippen LogP contribution in [0, 0.1) is 0 Å². The lowest BCUT2D eigenvalue weighted by Gasteiger charge is -2.09. The molecule has 0 amide bonds. The molecule has 22 heavy (non-hydrogen) atoms. The van der Waals surface area contributed by atoms with Crippen molar-refractivity contribution in [2.24, 2.45) is 12.8 Å². The SMILES string of the molecule is COc1ccccc1OCc1cn(C)c2cc(CN)ccc12. The molecule has 0 fully saturated rings. The molecule has 0 radical (unpaired) electrons. The summed E-state index contributed by atoms with van der Waals surface area (Å²) < 4.78 is 13.3. The van der Waals surface area contributed by atoms with E-state index in [1.165, 1.54) is 10.9 Å². The smallest absolute Gasteiger partial charge is 0.161 e. The number of ether oxygens (including phenoxy) is 2. The second-order valence-corrected chi connectivity index (χ2v) is 5.26. The number of aromatic nitrogens is 1. The fourth-order valence-electron chi connectivity index (χ4n) is 2.65. The molecule has 1 aromatic heterocycles. The number of nitrogens with zero attached hydrogens (tertiary/aromatic N) is 1. The normalized spacial score (nSPS) is 10.9. The van der Waals surface area contributed by atoms with E-state index in [0.29, 0.717) is 13.2 Å². The van der Waals surface area contributed by atoms with Crippen LogP contribution in [0.4, 0.5) is 0 Å². The molecule has 2 N–H and O–H groups in total. The summed E-state index contributed by atoms with van der Waals surface area (Å²) in [4.78, 5) is 0. The van der Waals surface area contributed by atoms with Crippen LogP contribution in [0.5, 0.6) is 11.5 Å². The van der Waals surface area contributed by atoms with Gasteiger partial charge in [0.15, 0.2) is 11.5 Å². The Bertz CT molecular complexity index is 793. The van der Waals surface area contributed by atoms with Gasteiger partial charge in [-0.15, -0.1) is 0 Å². The Kier molecular flexibility index (Phi) is 4.02. The minimum absolute atomic E-state index is 0.500. The van der Waals surface area contributed by atoms with Gasteiger partial charge >= 0.3 is 0 Å². The Hall–Kier alpha value is -2.46. The largest absolute Gasteiger partial charge is 0.493 e. The van der Waals surface area contributed by atoms with Gasteiger partial charge in [-0.2, -0.15) is 0 Å². The molecule has 0 saturated heterocycles. The van der Waals surface area contributed by atoms with Gasteiger partial charge in [-0.1, -0.05) is 24.3 Å². The Morgan fingerprint density at radius 1 is 1.09 bits per heavy atom. The van der Waals surface area contributed by atoms with Gasteiger partial charge in [-0.25, -0.2) is 0 Å². The maximum atomic E-state index is 5.93. The third-order valence-electron chi connectivity index (χ3n) is 3.83. The van der Waals surface area contributed by atoms with Crippen molar-refractivity contribution in [3.63, 3.8) is 0 Å². The number of nitrogens with two attached hydrogens (primary N) is 1. The molecule has 3 aromatic rings. The van der Waals surface area contributed by atoms with Crippen molar-refractivity contribution in [3.8, 4) is 11.5 Å². The van der Waals surface area contributed by atoms with Gasteiger partial charge in [-0.05, 0) is 23.8 Å². The average molecular weight is 296 g/mol. The van der Waals surface area contributed by atoms with Crippen molar-refractivity contribution in [1.82, 2.24) is 4.57 Å². The number of methoxy groups -OCH3 is 1. The van der Waals surface area contributed by atoms with Gasteiger partial charge in [0.2, 0.25) is 0 Å². The molecule has 0 unspecified atom stereocenters. The monoisotopic (exact) mass is 296 g/mol. The van der Waals surface area contributed by atoms with Gasteiger partial charge in [0.1, 0.15) is 6.61 Å². The van der Waals surface area contributed by atoms with Crippen molar-refractivity contribution in [1.29, 1.82) is 0 Å². The number of fused-ring (bicyclic) bond motifs is 1. The molecule has 3 rings (SSSR count). The van der Waals surface area contributed by atoms with E-state index in [-0.39, 0.29) is 0 Å². The number of benzene rings is 2. The number of para-hydroxylation sites is 2. The van der Waals surface area contributed by atoms with E-state index in [4.69, 9.17) is 15.2 Å². The molecule has 4 nitrogen and oxygen atoms in total. The van der Waals surface area contributed by atoms with Crippen LogP contribution in [0.3, 0.4) is 0 Å². The second kappa shape index (κ2) is 6.12. The number of aryl methyl sites for hydroxylation is 1. The number of hydrogen-bond acceptors (Lipinski definition) is 3. The van der Waals surface area contributed by atoms with Crippen LogP contribution in [0.15, 0.2) is 48.7 Å². The zero-order valence-corrected chi connectivity index (χ0v) is 12.9. The molecule has 0 aliphatic heterocycles. The van der Waals surface area contributed by atoms with E-state index in [9.17, 15) is 0 Å². The van der Waals surface area contributed by atoms with Crippen LogP contribution in [0.2, 0.25) is 0 Å². The highest BCUT2D eigenvalue weighted by atomic mass is 16.5. The quantitative estimate of drug-likeness (QED) is 0.786. The zero-order valence-electron chi connectivity index (χ0n) is 12.9. The first-order valence-electron chi connectivity index (χ1n) is 7.25. The Morgan fingerprint density at radius 2 is 1.86 bits per heavy atom. The molecule has 1 heterocycles. The second-order valence-electron chi connectivity index (χ2n) is 5.26. The molecule has 0 bridgehead atoms. The van der Waals surface area contributed by atoms with Crippen LogP contribution in [0.25, 0.3) is 10.9 Å². The first kappa shape index (κ1) is 14.5. The molecule has 0 aliphatic carbocycles. The van der Waals surface area contributed by atoms with E-state index in [1.54, 1.807) is 7.11 Å². The fourth-order valence-corrected chi connectivity index (χ4v) is 2.65. The first-order valence-corrected chi connectivity index (χ1v) is 7.25. The van der Waals surface area contributed by atoms with Gasteiger partial charge in [0, 0.05) is 36.3 Å². The highest BCUT2D eigenvalue weighted by molar-refractivity contribution is 5.84. The minimum Gasteiger partial charge on any atom is -0.493 e. The Balaban J connectivity index is 1.88. The molecule has 2 aromatic carbocycles. The summed E-state index contributed by atoms with van der Waals surface area (Å²) in [5, 5.41) is 1.19. The van der Waals surface area contributed by atoms with E-state index >= 15 is 0 Å². The van der Waals surface area contributed by atoms with E-state index in [0.717, 1.165) is 22.6 Å². The van der Waals surface area contributed by atoms with Crippen molar-refractivity contribution < 1.29 is 9.47 Å². The molecule has 0 aliphatic rings. The maximum absolute atomic E-state index is 5.93. The van der Waals surface area contributed by atoms with Crippen molar-refractivity contribution >= 4 is 10.9 Å². The van der Waals surface area contributed by atoms with Crippen molar-refractivity contribution in [2.45, 2.75) is 13.2 Å². The molecule has 4 heteroatoms. The van der Waals surface area contributed by atoms with Crippen molar-refractivity contribution in [2.75, 3.05) is 7.11 Å². The van der Waals surface area contributed by atoms with E-state index < -0.39 is 0 Å². The fraction of sp³-hybridized carbons (Fsp3) is 0.222. The summed E-state index contributed by atoms with van der Waals surface area (Å²) in [5.41, 5.74) is 9.16.